The average molecular weight is 247 g/mol. The summed E-state index contributed by atoms with van der Waals surface area (Å²) in [6.45, 7) is 9.92. The molecule has 3 unspecified atom stereocenters. The fraction of sp³-hybridized carbons (Fsp3) is 0.667. The van der Waals surface area contributed by atoms with E-state index < -0.39 is 0 Å². The van der Waals surface area contributed by atoms with Gasteiger partial charge in [0, 0.05) is 24.3 Å². The monoisotopic (exact) mass is 247 g/mol. The first-order valence-corrected chi connectivity index (χ1v) is 6.88. The van der Waals surface area contributed by atoms with Crippen LogP contribution in [0.4, 0.5) is 5.69 Å². The number of rotatable bonds is 2. The zero-order valence-corrected chi connectivity index (χ0v) is 12.2. The van der Waals surface area contributed by atoms with Crippen molar-refractivity contribution in [3.63, 3.8) is 0 Å². The zero-order chi connectivity index (χ0) is 13.3. The van der Waals surface area contributed by atoms with Gasteiger partial charge < -0.3 is 10.2 Å². The van der Waals surface area contributed by atoms with Crippen LogP contribution in [0.2, 0.25) is 0 Å². The molecule has 3 nitrogen and oxygen atoms in total. The number of piperidine rings is 1. The van der Waals surface area contributed by atoms with Crippen molar-refractivity contribution in [2.24, 2.45) is 5.92 Å². The van der Waals surface area contributed by atoms with E-state index in [1.807, 2.05) is 6.92 Å². The topological polar surface area (TPSA) is 28.2 Å². The van der Waals surface area contributed by atoms with E-state index in [1.54, 1.807) is 0 Å². The second-order valence-electron chi connectivity index (χ2n) is 5.84. The summed E-state index contributed by atoms with van der Waals surface area (Å²) in [7, 11) is 2.22. The summed E-state index contributed by atoms with van der Waals surface area (Å²) in [4.78, 5) is 6.97. The van der Waals surface area contributed by atoms with E-state index in [1.165, 1.54) is 12.1 Å². The average Bonchev–Trinajstić information content (AvgIpc) is 2.29. The van der Waals surface area contributed by atoms with Crippen LogP contribution in [0.3, 0.4) is 0 Å². The van der Waals surface area contributed by atoms with Gasteiger partial charge in [-0.05, 0) is 52.3 Å². The highest BCUT2D eigenvalue weighted by Crippen LogP contribution is 2.25. The molecule has 2 heterocycles. The van der Waals surface area contributed by atoms with Gasteiger partial charge in [-0.15, -0.1) is 0 Å². The van der Waals surface area contributed by atoms with E-state index in [0.29, 0.717) is 18.0 Å². The van der Waals surface area contributed by atoms with E-state index in [9.17, 15) is 0 Å². The van der Waals surface area contributed by atoms with Gasteiger partial charge in [0.05, 0.1) is 11.4 Å². The second kappa shape index (κ2) is 5.27. The van der Waals surface area contributed by atoms with E-state index in [4.69, 9.17) is 0 Å². The lowest BCUT2D eigenvalue weighted by Crippen LogP contribution is -2.48. The van der Waals surface area contributed by atoms with Crippen LogP contribution in [0.1, 0.15) is 31.7 Å². The number of aryl methyl sites for hydroxylation is 2. The summed E-state index contributed by atoms with van der Waals surface area (Å²) >= 11 is 0. The number of pyridine rings is 1. The van der Waals surface area contributed by atoms with Crippen LogP contribution in [0.15, 0.2) is 12.1 Å². The third-order valence-corrected chi connectivity index (χ3v) is 4.18. The van der Waals surface area contributed by atoms with Crippen molar-refractivity contribution >= 4 is 5.69 Å². The Kier molecular flexibility index (Phi) is 3.91. The van der Waals surface area contributed by atoms with Gasteiger partial charge in [-0.2, -0.15) is 0 Å². The molecule has 0 radical (unpaired) electrons. The summed E-state index contributed by atoms with van der Waals surface area (Å²) < 4.78 is 0. The number of hydrogen-bond donors (Lipinski definition) is 1. The first kappa shape index (κ1) is 13.3. The summed E-state index contributed by atoms with van der Waals surface area (Å²) in [6.07, 6.45) is 1.20. The van der Waals surface area contributed by atoms with Crippen molar-refractivity contribution in [2.75, 3.05) is 18.9 Å². The van der Waals surface area contributed by atoms with E-state index >= 15 is 0 Å². The number of nitrogens with zero attached hydrogens (tertiary/aromatic N) is 2. The smallest absolute Gasteiger partial charge is 0.0606 e. The van der Waals surface area contributed by atoms with Crippen molar-refractivity contribution in [3.8, 4) is 0 Å². The maximum Gasteiger partial charge on any atom is 0.0606 e. The van der Waals surface area contributed by atoms with Gasteiger partial charge >= 0.3 is 0 Å². The predicted molar refractivity (Wildman–Crippen MR) is 77.0 cm³/mol. The Balaban J connectivity index is 2.08. The molecule has 1 fully saturated rings. The third kappa shape index (κ3) is 2.83. The van der Waals surface area contributed by atoms with Gasteiger partial charge in [0.25, 0.3) is 0 Å². The van der Waals surface area contributed by atoms with Gasteiger partial charge in [-0.3, -0.25) is 4.98 Å². The number of hydrogen-bond acceptors (Lipinski definition) is 3. The number of nitrogens with one attached hydrogen (secondary N) is 1. The Morgan fingerprint density at radius 1 is 1.28 bits per heavy atom. The summed E-state index contributed by atoms with van der Waals surface area (Å²) in [6, 6.07) is 5.45. The highest BCUT2D eigenvalue weighted by atomic mass is 15.2. The van der Waals surface area contributed by atoms with E-state index in [0.717, 1.165) is 17.9 Å². The lowest BCUT2D eigenvalue weighted by molar-refractivity contribution is 0.145. The Morgan fingerprint density at radius 3 is 2.67 bits per heavy atom. The molecule has 0 spiro atoms. The molecular weight excluding hydrogens is 222 g/mol. The molecule has 0 saturated carbocycles. The number of anilines is 1. The summed E-state index contributed by atoms with van der Waals surface area (Å²) in [5, 5.41) is 3.69. The van der Waals surface area contributed by atoms with E-state index in [2.05, 4.69) is 55.2 Å². The molecule has 0 amide bonds. The lowest BCUT2D eigenvalue weighted by atomic mass is 9.89. The molecule has 1 aromatic heterocycles. The van der Waals surface area contributed by atoms with Crippen molar-refractivity contribution in [1.82, 2.24) is 9.88 Å². The highest BCUT2D eigenvalue weighted by molar-refractivity contribution is 5.48. The van der Waals surface area contributed by atoms with Crippen LogP contribution in [0, 0.1) is 19.8 Å². The molecule has 0 aliphatic carbocycles. The highest BCUT2D eigenvalue weighted by Gasteiger charge is 2.28. The molecule has 1 aliphatic heterocycles. The first-order valence-electron chi connectivity index (χ1n) is 6.88. The van der Waals surface area contributed by atoms with Crippen molar-refractivity contribution in [1.29, 1.82) is 0 Å². The molecule has 1 saturated heterocycles. The molecule has 1 aliphatic rings. The van der Waals surface area contributed by atoms with Gasteiger partial charge in [-0.25, -0.2) is 0 Å². The normalized spacial score (nSPS) is 29.3. The van der Waals surface area contributed by atoms with Gasteiger partial charge in [0.15, 0.2) is 0 Å². The molecule has 0 bridgehead atoms. The molecule has 18 heavy (non-hydrogen) atoms. The summed E-state index contributed by atoms with van der Waals surface area (Å²) in [5.74, 6) is 0.673. The van der Waals surface area contributed by atoms with Crippen LogP contribution < -0.4 is 5.32 Å². The van der Waals surface area contributed by atoms with Crippen molar-refractivity contribution < 1.29 is 0 Å². The van der Waals surface area contributed by atoms with Crippen molar-refractivity contribution in [3.05, 3.63) is 23.5 Å². The largest absolute Gasteiger partial charge is 0.380 e. The minimum Gasteiger partial charge on any atom is -0.380 e. The van der Waals surface area contributed by atoms with Crippen LogP contribution in [0.5, 0.6) is 0 Å². The second-order valence-corrected chi connectivity index (χ2v) is 5.84. The van der Waals surface area contributed by atoms with Crippen LogP contribution in [-0.2, 0) is 0 Å². The maximum absolute atomic E-state index is 4.53. The van der Waals surface area contributed by atoms with Crippen molar-refractivity contribution in [2.45, 2.75) is 46.2 Å². The number of likely N-dealkylation sites (tertiary alicyclic amines) is 1. The zero-order valence-electron chi connectivity index (χ0n) is 12.2. The van der Waals surface area contributed by atoms with Crippen LogP contribution in [0.25, 0.3) is 0 Å². The quantitative estimate of drug-likeness (QED) is 0.871. The maximum atomic E-state index is 4.53. The van der Waals surface area contributed by atoms with Gasteiger partial charge in [0.2, 0.25) is 0 Å². The van der Waals surface area contributed by atoms with Crippen LogP contribution in [-0.4, -0.2) is 35.6 Å². The Labute approximate surface area is 111 Å². The fourth-order valence-corrected chi connectivity index (χ4v) is 2.78. The predicted octanol–water partition coefficient (Wildman–Crippen LogP) is 2.84. The van der Waals surface area contributed by atoms with E-state index in [-0.39, 0.29) is 0 Å². The van der Waals surface area contributed by atoms with Gasteiger partial charge in [-0.1, -0.05) is 6.92 Å². The Bertz CT molecular complexity index is 416. The number of aromatic nitrogens is 1. The van der Waals surface area contributed by atoms with Crippen LogP contribution >= 0.6 is 0 Å². The Hall–Kier alpha value is -1.09. The minimum atomic E-state index is 0.555. The molecular formula is C15H25N3. The minimum absolute atomic E-state index is 0.555. The molecule has 2 rings (SSSR count). The molecule has 3 atom stereocenters. The molecule has 0 aromatic carbocycles. The van der Waals surface area contributed by atoms with Gasteiger partial charge in [0.1, 0.15) is 0 Å². The summed E-state index contributed by atoms with van der Waals surface area (Å²) in [5.41, 5.74) is 3.38. The fourth-order valence-electron chi connectivity index (χ4n) is 2.78. The SMILES string of the molecule is Cc1ccc(NC2CC(C)N(C)CC2C)c(C)n1. The molecule has 100 valence electrons. The third-order valence-electron chi connectivity index (χ3n) is 4.18. The molecule has 1 N–H and O–H groups in total. The Morgan fingerprint density at radius 2 is 2.00 bits per heavy atom. The molecule has 1 aromatic rings. The molecule has 3 heteroatoms. The standard InChI is InChI=1S/C15H25N3/c1-10-9-18(5)12(3)8-15(10)17-14-7-6-11(2)16-13(14)4/h6-7,10,12,15,17H,8-9H2,1-5H3. The first-order chi connectivity index (χ1) is 8.47. The lowest BCUT2D eigenvalue weighted by Gasteiger charge is -2.40.